The maximum Gasteiger partial charge on any atom is 0.322 e. The molecule has 0 bridgehead atoms. The number of amides is 3. The Morgan fingerprint density at radius 3 is 2.85 bits per heavy atom. The van der Waals surface area contributed by atoms with E-state index >= 15 is 0 Å². The highest BCUT2D eigenvalue weighted by Gasteiger charge is 2.23. The Morgan fingerprint density at radius 1 is 1.26 bits per heavy atom. The number of oxazole rings is 1. The number of benzene rings is 2. The first-order chi connectivity index (χ1) is 13.1. The summed E-state index contributed by atoms with van der Waals surface area (Å²) in [4.78, 5) is 30.3. The summed E-state index contributed by atoms with van der Waals surface area (Å²) in [5.74, 6) is 0.366. The van der Waals surface area contributed by atoms with Crippen LogP contribution in [0, 0.1) is 6.92 Å². The van der Waals surface area contributed by atoms with E-state index in [1.807, 2.05) is 31.2 Å². The molecule has 1 aliphatic heterocycles. The number of carbonyl (C=O) groups excluding carboxylic acids is 2. The molecule has 0 spiro atoms. The van der Waals surface area contributed by atoms with Crippen LogP contribution >= 0.6 is 0 Å². The summed E-state index contributed by atoms with van der Waals surface area (Å²) in [7, 11) is 0. The first kappa shape index (κ1) is 16.8. The number of hydrogen-bond acceptors (Lipinski definition) is 4. The summed E-state index contributed by atoms with van der Waals surface area (Å²) in [6, 6.07) is 12.5. The van der Waals surface area contributed by atoms with Gasteiger partial charge in [0.25, 0.3) is 5.91 Å². The molecule has 1 saturated heterocycles. The Kier molecular flexibility index (Phi) is 4.33. The van der Waals surface area contributed by atoms with Crippen LogP contribution in [0.2, 0.25) is 0 Å². The molecule has 7 heteroatoms. The molecule has 2 N–H and O–H groups in total. The molecule has 7 nitrogen and oxygen atoms in total. The van der Waals surface area contributed by atoms with E-state index in [0.717, 1.165) is 16.8 Å². The molecule has 2 heterocycles. The number of nitrogens with one attached hydrogen (secondary N) is 2. The summed E-state index contributed by atoms with van der Waals surface area (Å²) in [6.07, 6.45) is 2.96. The molecule has 136 valence electrons. The lowest BCUT2D eigenvalue weighted by Crippen LogP contribution is -2.28. The van der Waals surface area contributed by atoms with Gasteiger partial charge in [-0.25, -0.2) is 9.78 Å². The molecule has 27 heavy (non-hydrogen) atoms. The monoisotopic (exact) mass is 362 g/mol. The van der Waals surface area contributed by atoms with Gasteiger partial charge in [0.15, 0.2) is 12.2 Å². The van der Waals surface area contributed by atoms with E-state index in [4.69, 9.17) is 4.42 Å². The molecule has 4 rings (SSSR count). The van der Waals surface area contributed by atoms with Crippen LogP contribution in [0.3, 0.4) is 0 Å². The van der Waals surface area contributed by atoms with Crippen LogP contribution in [0.4, 0.5) is 16.2 Å². The second kappa shape index (κ2) is 6.95. The van der Waals surface area contributed by atoms with Crippen molar-refractivity contribution in [2.45, 2.75) is 6.92 Å². The zero-order valence-corrected chi connectivity index (χ0v) is 14.7. The van der Waals surface area contributed by atoms with Crippen LogP contribution in [0.5, 0.6) is 0 Å². The molecule has 3 aromatic rings. The average molecular weight is 362 g/mol. The zero-order valence-electron chi connectivity index (χ0n) is 14.7. The van der Waals surface area contributed by atoms with Crippen molar-refractivity contribution in [3.05, 3.63) is 66.2 Å². The van der Waals surface area contributed by atoms with E-state index in [2.05, 4.69) is 15.6 Å². The first-order valence-corrected chi connectivity index (χ1v) is 8.59. The number of hydrogen-bond donors (Lipinski definition) is 2. The van der Waals surface area contributed by atoms with E-state index < -0.39 is 0 Å². The molecule has 1 aliphatic rings. The van der Waals surface area contributed by atoms with Gasteiger partial charge < -0.3 is 15.1 Å². The van der Waals surface area contributed by atoms with Crippen molar-refractivity contribution < 1.29 is 14.0 Å². The zero-order chi connectivity index (χ0) is 18.8. The van der Waals surface area contributed by atoms with Crippen molar-refractivity contribution in [3.63, 3.8) is 0 Å². The third kappa shape index (κ3) is 3.27. The molecule has 0 radical (unpaired) electrons. The van der Waals surface area contributed by atoms with Gasteiger partial charge in [-0.05, 0) is 36.8 Å². The molecule has 1 fully saturated rings. The third-order valence-electron chi connectivity index (χ3n) is 4.54. The Morgan fingerprint density at radius 2 is 2.11 bits per heavy atom. The van der Waals surface area contributed by atoms with Gasteiger partial charge in [-0.15, -0.1) is 0 Å². The summed E-state index contributed by atoms with van der Waals surface area (Å²) in [5, 5.41) is 5.72. The van der Waals surface area contributed by atoms with Gasteiger partial charge in [0.1, 0.15) is 0 Å². The summed E-state index contributed by atoms with van der Waals surface area (Å²) >= 11 is 0. The van der Waals surface area contributed by atoms with Crippen molar-refractivity contribution in [1.82, 2.24) is 10.3 Å². The Bertz CT molecular complexity index is 998. The Balaban J connectivity index is 1.59. The fourth-order valence-electron chi connectivity index (χ4n) is 3.12. The lowest BCUT2D eigenvalue weighted by molar-refractivity contribution is 0.102. The van der Waals surface area contributed by atoms with Crippen LogP contribution in [-0.4, -0.2) is 30.0 Å². The number of rotatable bonds is 4. The number of nitrogens with zero attached hydrogens (tertiary/aromatic N) is 2. The van der Waals surface area contributed by atoms with E-state index in [9.17, 15) is 9.59 Å². The Hall–Kier alpha value is -3.61. The first-order valence-electron chi connectivity index (χ1n) is 8.59. The van der Waals surface area contributed by atoms with Crippen LogP contribution < -0.4 is 15.5 Å². The van der Waals surface area contributed by atoms with Crippen LogP contribution in [0.25, 0.3) is 11.3 Å². The van der Waals surface area contributed by atoms with Gasteiger partial charge in [0.2, 0.25) is 0 Å². The van der Waals surface area contributed by atoms with E-state index in [-0.39, 0.29) is 11.9 Å². The maximum atomic E-state index is 12.7. The minimum Gasteiger partial charge on any atom is -0.444 e. The van der Waals surface area contributed by atoms with Crippen molar-refractivity contribution >= 4 is 23.3 Å². The Labute approximate surface area is 156 Å². The number of aromatic nitrogens is 1. The van der Waals surface area contributed by atoms with Gasteiger partial charge in [-0.3, -0.25) is 9.69 Å². The maximum absolute atomic E-state index is 12.7. The molecule has 0 aliphatic carbocycles. The van der Waals surface area contributed by atoms with Gasteiger partial charge in [0.05, 0.1) is 11.9 Å². The predicted octanol–water partition coefficient (Wildman–Crippen LogP) is 3.43. The van der Waals surface area contributed by atoms with E-state index in [1.165, 1.54) is 6.39 Å². The van der Waals surface area contributed by atoms with Gasteiger partial charge in [0, 0.05) is 29.9 Å². The number of anilines is 2. The minimum atomic E-state index is -0.234. The van der Waals surface area contributed by atoms with Gasteiger partial charge >= 0.3 is 6.03 Å². The number of carbonyl (C=O) groups is 2. The molecule has 0 saturated carbocycles. The molecular weight excluding hydrogens is 344 g/mol. The molecule has 0 unspecified atom stereocenters. The number of urea groups is 1. The molecule has 2 aromatic carbocycles. The van der Waals surface area contributed by atoms with Gasteiger partial charge in [-0.2, -0.15) is 0 Å². The van der Waals surface area contributed by atoms with Crippen LogP contribution in [0.1, 0.15) is 15.9 Å². The summed E-state index contributed by atoms with van der Waals surface area (Å²) in [5.41, 5.74) is 3.58. The molecular formula is C20H18N4O3. The molecule has 1 aromatic heterocycles. The SMILES string of the molecule is Cc1c(NC(=O)c2cccc(-c3cnco3)c2)cccc1N1CCNC1=O. The van der Waals surface area contributed by atoms with E-state index in [1.54, 1.807) is 29.3 Å². The topological polar surface area (TPSA) is 87.5 Å². The van der Waals surface area contributed by atoms with Gasteiger partial charge in [-0.1, -0.05) is 18.2 Å². The fraction of sp³-hybridized carbons (Fsp3) is 0.150. The average Bonchev–Trinajstić information content (AvgIpc) is 3.35. The van der Waals surface area contributed by atoms with Crippen molar-refractivity contribution in [3.8, 4) is 11.3 Å². The standard InChI is InChI=1S/C20H18N4O3/c1-13-16(6-3-7-17(13)24-9-8-22-20(24)26)23-19(25)15-5-2-4-14(10-15)18-11-21-12-27-18/h2-7,10-12H,8-9H2,1H3,(H,22,26)(H,23,25). The van der Waals surface area contributed by atoms with Crippen LogP contribution in [-0.2, 0) is 0 Å². The largest absolute Gasteiger partial charge is 0.444 e. The third-order valence-corrected chi connectivity index (χ3v) is 4.54. The smallest absolute Gasteiger partial charge is 0.322 e. The highest BCUT2D eigenvalue weighted by Crippen LogP contribution is 2.28. The predicted molar refractivity (Wildman–Crippen MR) is 102 cm³/mol. The van der Waals surface area contributed by atoms with Crippen molar-refractivity contribution in [2.75, 3.05) is 23.3 Å². The van der Waals surface area contributed by atoms with Crippen molar-refractivity contribution in [2.24, 2.45) is 0 Å². The normalized spacial score (nSPS) is 13.5. The lowest BCUT2D eigenvalue weighted by Gasteiger charge is -2.19. The quantitative estimate of drug-likeness (QED) is 0.744. The fourth-order valence-corrected chi connectivity index (χ4v) is 3.12. The molecule has 3 amide bonds. The minimum absolute atomic E-state index is 0.124. The molecule has 0 atom stereocenters. The van der Waals surface area contributed by atoms with Crippen LogP contribution in [0.15, 0.2) is 59.5 Å². The summed E-state index contributed by atoms with van der Waals surface area (Å²) in [6.45, 7) is 3.11. The lowest BCUT2D eigenvalue weighted by atomic mass is 10.1. The highest BCUT2D eigenvalue weighted by atomic mass is 16.3. The second-order valence-electron chi connectivity index (χ2n) is 6.23. The summed E-state index contributed by atoms with van der Waals surface area (Å²) < 4.78 is 5.29. The second-order valence-corrected chi connectivity index (χ2v) is 6.23. The van der Waals surface area contributed by atoms with Crippen molar-refractivity contribution in [1.29, 1.82) is 0 Å². The highest BCUT2D eigenvalue weighted by molar-refractivity contribution is 6.06. The van der Waals surface area contributed by atoms with E-state index in [0.29, 0.717) is 30.1 Å².